The van der Waals surface area contributed by atoms with E-state index in [1.54, 1.807) is 10.5 Å². The van der Waals surface area contributed by atoms with E-state index in [0.717, 1.165) is 28.6 Å². The van der Waals surface area contributed by atoms with Crippen LogP contribution in [0.15, 0.2) is 71.8 Å². The standard InChI is InChI=1S/C25H23F3N4O2S/c1-34-22-10-9-19(16-20(22)25(26,27)28)35(33)31-14-11-18(12-15-31)32-23(17-6-3-2-4-7-17)30-21-8-5-13-29-24(21)32/h2-10,13,16,18H,11-12,14-15H2,1H3. The van der Waals surface area contributed by atoms with Gasteiger partial charge in [-0.15, -0.1) is 0 Å². The number of aromatic nitrogens is 3. The van der Waals surface area contributed by atoms with Crippen molar-refractivity contribution in [2.75, 3.05) is 20.2 Å². The van der Waals surface area contributed by atoms with Crippen LogP contribution in [0, 0.1) is 0 Å². The minimum absolute atomic E-state index is 0.0694. The molecule has 0 amide bonds. The molecule has 2 aromatic heterocycles. The molecule has 1 aliphatic rings. The van der Waals surface area contributed by atoms with Crippen LogP contribution in [-0.4, -0.2) is 43.2 Å². The number of alkyl halides is 3. The van der Waals surface area contributed by atoms with Gasteiger partial charge in [0.15, 0.2) is 5.65 Å². The van der Waals surface area contributed by atoms with Crippen molar-refractivity contribution < 1.29 is 22.1 Å². The van der Waals surface area contributed by atoms with Gasteiger partial charge in [-0.05, 0) is 43.2 Å². The molecule has 1 unspecified atom stereocenters. The van der Waals surface area contributed by atoms with E-state index in [1.165, 1.54) is 19.2 Å². The summed E-state index contributed by atoms with van der Waals surface area (Å²) >= 11 is 0. The van der Waals surface area contributed by atoms with Gasteiger partial charge in [0.1, 0.15) is 28.1 Å². The molecule has 1 fully saturated rings. The van der Waals surface area contributed by atoms with Gasteiger partial charge in [0.2, 0.25) is 0 Å². The first-order valence-electron chi connectivity index (χ1n) is 11.2. The minimum atomic E-state index is -4.60. The Morgan fingerprint density at radius 3 is 2.46 bits per heavy atom. The van der Waals surface area contributed by atoms with Crippen LogP contribution in [0.25, 0.3) is 22.6 Å². The number of pyridine rings is 1. The second kappa shape index (κ2) is 9.43. The second-order valence-electron chi connectivity index (χ2n) is 8.29. The Morgan fingerprint density at radius 1 is 1.03 bits per heavy atom. The molecule has 0 aliphatic carbocycles. The van der Waals surface area contributed by atoms with Gasteiger partial charge in [-0.3, -0.25) is 0 Å². The Hall–Kier alpha value is -3.24. The molecule has 0 spiro atoms. The third kappa shape index (κ3) is 4.55. The van der Waals surface area contributed by atoms with Gasteiger partial charge in [-0.2, -0.15) is 13.2 Å². The van der Waals surface area contributed by atoms with Crippen LogP contribution in [0.1, 0.15) is 24.4 Å². The summed E-state index contributed by atoms with van der Waals surface area (Å²) in [4.78, 5) is 9.49. The van der Waals surface area contributed by atoms with E-state index in [9.17, 15) is 17.4 Å². The van der Waals surface area contributed by atoms with Gasteiger partial charge in [0, 0.05) is 30.9 Å². The SMILES string of the molecule is COc1ccc(S(=O)N2CCC(n3c(-c4ccccc4)nc4cccnc43)CC2)cc1C(F)(F)F. The molecule has 2 aromatic carbocycles. The predicted molar refractivity (Wildman–Crippen MR) is 127 cm³/mol. The van der Waals surface area contributed by atoms with E-state index >= 15 is 0 Å². The fourth-order valence-corrected chi connectivity index (χ4v) is 5.74. The fraction of sp³-hybridized carbons (Fsp3) is 0.280. The van der Waals surface area contributed by atoms with Crippen LogP contribution in [0.3, 0.4) is 0 Å². The van der Waals surface area contributed by atoms with E-state index in [0.29, 0.717) is 25.9 Å². The van der Waals surface area contributed by atoms with Crippen molar-refractivity contribution in [2.45, 2.75) is 30.0 Å². The normalized spacial score (nSPS) is 16.5. The highest BCUT2D eigenvalue weighted by Crippen LogP contribution is 2.38. The number of fused-ring (bicyclic) bond motifs is 1. The molecule has 35 heavy (non-hydrogen) atoms. The Bertz CT molecular complexity index is 1370. The first-order chi connectivity index (χ1) is 16.9. The maximum atomic E-state index is 13.4. The van der Waals surface area contributed by atoms with Gasteiger partial charge in [0.25, 0.3) is 0 Å². The summed E-state index contributed by atoms with van der Waals surface area (Å²) in [6, 6.07) is 17.3. The average Bonchev–Trinajstić information content (AvgIpc) is 3.27. The molecule has 0 saturated carbocycles. The fourth-order valence-electron chi connectivity index (χ4n) is 4.50. The summed E-state index contributed by atoms with van der Waals surface area (Å²) in [6.07, 6.45) is -1.53. The van der Waals surface area contributed by atoms with Crippen molar-refractivity contribution in [2.24, 2.45) is 0 Å². The highest BCUT2D eigenvalue weighted by atomic mass is 32.2. The molecule has 4 aromatic rings. The van der Waals surface area contributed by atoms with E-state index in [1.807, 2.05) is 42.5 Å². The molecular weight excluding hydrogens is 477 g/mol. The van der Waals surface area contributed by atoms with Crippen molar-refractivity contribution in [1.82, 2.24) is 18.8 Å². The largest absolute Gasteiger partial charge is 0.496 e. The maximum Gasteiger partial charge on any atom is 0.420 e. The number of methoxy groups -OCH3 is 1. The molecule has 182 valence electrons. The van der Waals surface area contributed by atoms with Crippen molar-refractivity contribution >= 4 is 22.1 Å². The lowest BCUT2D eigenvalue weighted by Crippen LogP contribution is -2.36. The van der Waals surface area contributed by atoms with E-state index in [4.69, 9.17) is 9.72 Å². The van der Waals surface area contributed by atoms with Crippen LogP contribution in [0.5, 0.6) is 5.75 Å². The molecule has 1 aliphatic heterocycles. The number of halogens is 3. The number of benzene rings is 2. The Labute approximate surface area is 203 Å². The molecule has 3 heterocycles. The third-order valence-corrected chi connectivity index (χ3v) is 7.67. The zero-order chi connectivity index (χ0) is 24.6. The first-order valence-corrected chi connectivity index (χ1v) is 12.3. The van der Waals surface area contributed by atoms with Crippen LogP contribution < -0.4 is 4.74 Å². The highest BCUT2D eigenvalue weighted by molar-refractivity contribution is 7.82. The summed E-state index contributed by atoms with van der Waals surface area (Å²) < 4.78 is 62.2. The summed E-state index contributed by atoms with van der Waals surface area (Å²) in [6.45, 7) is 0.927. The molecule has 1 atom stereocenters. The predicted octanol–water partition coefficient (Wildman–Crippen LogP) is 5.49. The second-order valence-corrected chi connectivity index (χ2v) is 9.77. The highest BCUT2D eigenvalue weighted by Gasteiger charge is 2.36. The van der Waals surface area contributed by atoms with Crippen LogP contribution in [0.4, 0.5) is 13.2 Å². The molecule has 1 saturated heterocycles. The molecule has 0 bridgehead atoms. The summed E-state index contributed by atoms with van der Waals surface area (Å²) in [7, 11) is -0.533. The van der Waals surface area contributed by atoms with Gasteiger partial charge in [-0.25, -0.2) is 18.5 Å². The molecule has 5 rings (SSSR count). The molecule has 0 radical (unpaired) electrons. The molecular formula is C25H23F3N4O2S. The van der Waals surface area contributed by atoms with Gasteiger partial charge in [0.05, 0.1) is 17.6 Å². The summed E-state index contributed by atoms with van der Waals surface area (Å²) in [5, 5.41) is 0. The van der Waals surface area contributed by atoms with Gasteiger partial charge in [-0.1, -0.05) is 30.3 Å². The number of hydrogen-bond donors (Lipinski definition) is 0. The molecule has 0 N–H and O–H groups in total. The monoisotopic (exact) mass is 500 g/mol. The van der Waals surface area contributed by atoms with Crippen molar-refractivity contribution in [3.63, 3.8) is 0 Å². The number of ether oxygens (including phenoxy) is 1. The van der Waals surface area contributed by atoms with E-state index < -0.39 is 22.7 Å². The quantitative estimate of drug-likeness (QED) is 0.364. The van der Waals surface area contributed by atoms with Gasteiger partial charge >= 0.3 is 6.18 Å². The number of hydrogen-bond acceptors (Lipinski definition) is 4. The van der Waals surface area contributed by atoms with Crippen LogP contribution >= 0.6 is 0 Å². The molecule has 6 nitrogen and oxygen atoms in total. The zero-order valence-corrected chi connectivity index (χ0v) is 19.7. The van der Waals surface area contributed by atoms with Crippen molar-refractivity contribution in [3.05, 3.63) is 72.4 Å². The molecule has 10 heteroatoms. The number of imidazole rings is 1. The topological polar surface area (TPSA) is 60.2 Å². The Morgan fingerprint density at radius 2 is 1.77 bits per heavy atom. The zero-order valence-electron chi connectivity index (χ0n) is 18.9. The first kappa shape index (κ1) is 23.5. The lowest BCUT2D eigenvalue weighted by molar-refractivity contribution is -0.138. The van der Waals surface area contributed by atoms with E-state index in [2.05, 4.69) is 9.55 Å². The summed E-state index contributed by atoms with van der Waals surface area (Å²) in [5.74, 6) is 0.536. The van der Waals surface area contributed by atoms with E-state index in [-0.39, 0.29) is 16.7 Å². The van der Waals surface area contributed by atoms with Crippen molar-refractivity contribution in [1.29, 1.82) is 0 Å². The van der Waals surface area contributed by atoms with Crippen LogP contribution in [-0.2, 0) is 17.2 Å². The lowest BCUT2D eigenvalue weighted by Gasteiger charge is -2.32. The van der Waals surface area contributed by atoms with Crippen LogP contribution in [0.2, 0.25) is 0 Å². The Kier molecular flexibility index (Phi) is 6.33. The number of nitrogens with zero attached hydrogens (tertiary/aromatic N) is 4. The van der Waals surface area contributed by atoms with Crippen molar-refractivity contribution in [3.8, 4) is 17.1 Å². The summed E-state index contributed by atoms with van der Waals surface area (Å²) in [5.41, 5.74) is 1.64. The smallest absolute Gasteiger partial charge is 0.420 e. The Balaban J connectivity index is 1.40. The lowest BCUT2D eigenvalue weighted by atomic mass is 10.1. The number of rotatable bonds is 5. The number of piperidine rings is 1. The minimum Gasteiger partial charge on any atom is -0.496 e. The average molecular weight is 501 g/mol. The third-order valence-electron chi connectivity index (χ3n) is 6.18. The van der Waals surface area contributed by atoms with Gasteiger partial charge < -0.3 is 9.30 Å². The maximum absolute atomic E-state index is 13.4.